The van der Waals surface area contributed by atoms with Crippen molar-refractivity contribution < 1.29 is 4.79 Å². The second kappa shape index (κ2) is 14.1. The fraction of sp³-hybridized carbons (Fsp3) is 0.0789. The van der Waals surface area contributed by atoms with Crippen molar-refractivity contribution in [1.82, 2.24) is 39.9 Å². The van der Waals surface area contributed by atoms with E-state index in [0.717, 1.165) is 61.4 Å². The summed E-state index contributed by atoms with van der Waals surface area (Å²) >= 11 is 0. The van der Waals surface area contributed by atoms with E-state index in [4.69, 9.17) is 5.73 Å². The van der Waals surface area contributed by atoms with Crippen molar-refractivity contribution in [3.05, 3.63) is 122 Å². The Morgan fingerprint density at radius 2 is 1.18 bits per heavy atom. The first kappa shape index (κ1) is 32.4. The molecule has 0 aliphatic heterocycles. The lowest BCUT2D eigenvalue weighted by atomic mass is 10.1. The summed E-state index contributed by atoms with van der Waals surface area (Å²) in [5, 5.41) is 11.9. The highest BCUT2D eigenvalue weighted by Crippen LogP contribution is 2.33. The number of amides is 1. The van der Waals surface area contributed by atoms with E-state index in [0.29, 0.717) is 29.0 Å². The minimum absolute atomic E-state index is 0.178. The van der Waals surface area contributed by atoms with Crippen LogP contribution in [0, 0.1) is 13.8 Å². The fourth-order valence-corrected chi connectivity index (χ4v) is 5.77. The summed E-state index contributed by atoms with van der Waals surface area (Å²) in [7, 11) is 0. The second-order valence-corrected chi connectivity index (χ2v) is 11.7. The number of aromatic nitrogens is 8. The molecule has 13 heteroatoms. The number of benzene rings is 2. The van der Waals surface area contributed by atoms with Crippen LogP contribution in [0.1, 0.15) is 18.6 Å². The van der Waals surface area contributed by atoms with Gasteiger partial charge in [-0.05, 0) is 62.4 Å². The topological polar surface area (TPSA) is 188 Å². The van der Waals surface area contributed by atoms with Crippen molar-refractivity contribution in [3.8, 4) is 22.5 Å². The van der Waals surface area contributed by atoms with Gasteiger partial charge < -0.3 is 31.7 Å². The molecule has 0 saturated carbocycles. The molecule has 0 aliphatic rings. The van der Waals surface area contributed by atoms with Crippen LogP contribution in [0.15, 0.2) is 110 Å². The number of hydrogen-bond donors (Lipinski definition) is 6. The van der Waals surface area contributed by atoms with Gasteiger partial charge in [0.1, 0.15) is 23.3 Å². The molecule has 0 spiro atoms. The van der Waals surface area contributed by atoms with Gasteiger partial charge in [-0.15, -0.1) is 0 Å². The van der Waals surface area contributed by atoms with Crippen molar-refractivity contribution >= 4 is 62.1 Å². The van der Waals surface area contributed by atoms with Crippen LogP contribution >= 0.6 is 0 Å². The number of pyridine rings is 2. The third-order valence-electron chi connectivity index (χ3n) is 7.92. The number of nitrogens with one attached hydrogen (secondary N) is 5. The Kier molecular flexibility index (Phi) is 8.98. The average Bonchev–Trinajstić information content (AvgIpc) is 3.80. The minimum Gasteiger partial charge on any atom is -0.384 e. The molecule has 2 aromatic carbocycles. The molecule has 0 atom stereocenters. The van der Waals surface area contributed by atoms with E-state index >= 15 is 0 Å². The van der Waals surface area contributed by atoms with Gasteiger partial charge in [-0.1, -0.05) is 12.1 Å². The summed E-state index contributed by atoms with van der Waals surface area (Å²) in [4.78, 5) is 43.7. The SMILES string of the molecule is CC(=O)Nc1cc(-c2cnccc2Nc2cccc3[nH]ccc23)nc(C)n1.Cc1nc(N)cc(-c2cnccc2Nc2cccc3[nH]ccc23)n1. The van der Waals surface area contributed by atoms with Gasteiger partial charge in [0.25, 0.3) is 0 Å². The number of carbonyl (C=O) groups is 1. The quantitative estimate of drug-likeness (QED) is 0.0978. The average molecular weight is 675 g/mol. The number of nitrogen functional groups attached to an aromatic ring is 1. The van der Waals surface area contributed by atoms with Crippen LogP contribution in [0.4, 0.5) is 34.4 Å². The van der Waals surface area contributed by atoms with Gasteiger partial charge in [-0.2, -0.15) is 0 Å². The largest absolute Gasteiger partial charge is 0.384 e. The number of rotatable bonds is 7. The van der Waals surface area contributed by atoms with E-state index in [2.05, 4.69) is 55.8 Å². The lowest BCUT2D eigenvalue weighted by Gasteiger charge is -2.13. The Balaban J connectivity index is 0.000000160. The highest BCUT2D eigenvalue weighted by Gasteiger charge is 2.13. The van der Waals surface area contributed by atoms with Crippen molar-refractivity contribution in [2.45, 2.75) is 20.8 Å². The lowest BCUT2D eigenvalue weighted by Crippen LogP contribution is -2.09. The molecule has 0 unspecified atom stereocenters. The number of nitrogens with zero attached hydrogens (tertiary/aromatic N) is 6. The molecule has 0 saturated heterocycles. The van der Waals surface area contributed by atoms with E-state index in [9.17, 15) is 4.79 Å². The number of nitrogens with two attached hydrogens (primary N) is 1. The van der Waals surface area contributed by atoms with E-state index in [-0.39, 0.29) is 5.91 Å². The fourth-order valence-electron chi connectivity index (χ4n) is 5.77. The van der Waals surface area contributed by atoms with Gasteiger partial charge in [-0.3, -0.25) is 14.8 Å². The van der Waals surface area contributed by atoms with Gasteiger partial charge >= 0.3 is 0 Å². The Bertz CT molecular complexity index is 2480. The predicted octanol–water partition coefficient (Wildman–Crippen LogP) is 7.68. The Morgan fingerprint density at radius 1 is 0.647 bits per heavy atom. The summed E-state index contributed by atoms with van der Waals surface area (Å²) < 4.78 is 0. The van der Waals surface area contributed by atoms with E-state index in [1.165, 1.54) is 6.92 Å². The maximum Gasteiger partial charge on any atom is 0.222 e. The molecule has 252 valence electrons. The molecule has 1 amide bonds. The monoisotopic (exact) mass is 674 g/mol. The number of H-pyrrole nitrogens is 2. The molecule has 8 aromatic rings. The molecule has 7 N–H and O–H groups in total. The van der Waals surface area contributed by atoms with E-state index < -0.39 is 0 Å². The Labute approximate surface area is 292 Å². The molecular weight excluding hydrogens is 641 g/mol. The highest BCUT2D eigenvalue weighted by molar-refractivity contribution is 5.96. The van der Waals surface area contributed by atoms with Gasteiger partial charge in [0.2, 0.25) is 5.91 Å². The van der Waals surface area contributed by atoms with Crippen LogP contribution in [-0.4, -0.2) is 45.8 Å². The number of carbonyl (C=O) groups excluding carboxylic acids is 1. The smallest absolute Gasteiger partial charge is 0.222 e. The molecule has 0 bridgehead atoms. The van der Waals surface area contributed by atoms with Gasteiger partial charge in [0.15, 0.2) is 0 Å². The van der Waals surface area contributed by atoms with Gasteiger partial charge in [0.05, 0.1) is 22.8 Å². The number of aromatic amines is 2. The maximum absolute atomic E-state index is 11.4. The molecule has 0 fully saturated rings. The normalized spacial score (nSPS) is 10.8. The molecule has 13 nitrogen and oxygen atoms in total. The minimum atomic E-state index is -0.178. The van der Waals surface area contributed by atoms with Crippen LogP contribution in [-0.2, 0) is 4.79 Å². The Hall–Kier alpha value is -7.15. The molecule has 6 aromatic heterocycles. The van der Waals surface area contributed by atoms with Crippen LogP contribution in [0.2, 0.25) is 0 Å². The number of aryl methyl sites for hydroxylation is 2. The zero-order valence-corrected chi connectivity index (χ0v) is 28.1. The third kappa shape index (κ3) is 7.32. The first-order valence-electron chi connectivity index (χ1n) is 16.1. The van der Waals surface area contributed by atoms with Crippen LogP contribution in [0.3, 0.4) is 0 Å². The molecule has 0 aliphatic carbocycles. The Morgan fingerprint density at radius 3 is 1.71 bits per heavy atom. The molecule has 8 rings (SSSR count). The second-order valence-electron chi connectivity index (χ2n) is 11.7. The van der Waals surface area contributed by atoms with E-state index in [1.807, 2.05) is 80.0 Å². The van der Waals surface area contributed by atoms with E-state index in [1.54, 1.807) is 43.8 Å². The molecule has 51 heavy (non-hydrogen) atoms. The molecule has 6 heterocycles. The van der Waals surface area contributed by atoms with Crippen molar-refractivity contribution in [2.75, 3.05) is 21.7 Å². The highest BCUT2D eigenvalue weighted by atomic mass is 16.1. The van der Waals surface area contributed by atoms with Crippen LogP contribution in [0.5, 0.6) is 0 Å². The molecular formula is C38H34N12O. The number of hydrogen-bond acceptors (Lipinski definition) is 10. The van der Waals surface area contributed by atoms with Gasteiger partial charge in [-0.25, -0.2) is 19.9 Å². The van der Waals surface area contributed by atoms with Crippen LogP contribution in [0.25, 0.3) is 44.3 Å². The predicted molar refractivity (Wildman–Crippen MR) is 202 cm³/mol. The third-order valence-corrected chi connectivity index (χ3v) is 7.92. The zero-order valence-electron chi connectivity index (χ0n) is 28.1. The standard InChI is InChI=1S/C20H18N6O.C18H16N6/c1-12-23-19(10-20(24-12)25-13(2)27)15-11-21-8-7-18(15)26-17-5-3-4-16-14(17)6-9-22-16;1-11-22-17(9-18(19)23-11)13-10-20-7-6-16(13)24-15-4-2-3-14-12(15)5-8-21-14/h3-11,22H,1-2H3,(H,21,26)(H,23,24,25,27);2-10,21H,1H3,(H,20,24)(H2,19,22,23). The summed E-state index contributed by atoms with van der Waals surface area (Å²) in [5.74, 6) is 1.93. The summed E-state index contributed by atoms with van der Waals surface area (Å²) in [5.41, 5.74) is 14.9. The first-order chi connectivity index (χ1) is 24.8. The summed E-state index contributed by atoms with van der Waals surface area (Å²) in [6.45, 7) is 5.06. The van der Waals surface area contributed by atoms with Gasteiger partial charge in [0, 0.05) is 101 Å². The summed E-state index contributed by atoms with van der Waals surface area (Å²) in [6.07, 6.45) is 10.8. The lowest BCUT2D eigenvalue weighted by molar-refractivity contribution is -0.114. The van der Waals surface area contributed by atoms with Crippen molar-refractivity contribution in [3.63, 3.8) is 0 Å². The van der Waals surface area contributed by atoms with Crippen LogP contribution < -0.4 is 21.7 Å². The summed E-state index contributed by atoms with van der Waals surface area (Å²) in [6, 6.07) is 23.5. The number of fused-ring (bicyclic) bond motifs is 2. The van der Waals surface area contributed by atoms with Crippen molar-refractivity contribution in [1.29, 1.82) is 0 Å². The van der Waals surface area contributed by atoms with Crippen molar-refractivity contribution in [2.24, 2.45) is 0 Å². The maximum atomic E-state index is 11.4. The first-order valence-corrected chi connectivity index (χ1v) is 16.1. The molecule has 0 radical (unpaired) electrons. The zero-order chi connectivity index (χ0) is 35.3. The number of anilines is 6.